The average molecular weight is 558 g/mol. The molecule has 0 bridgehead atoms. The summed E-state index contributed by atoms with van der Waals surface area (Å²) in [6, 6.07) is 13.6. The standard InChI is InChI=1S/C29H31N7O5/c1-30-29(40)25-22(16-23(34-35-25)33-27(38)17-9-10-17)32-21-7-5-6-20(26(21)41-2)28(39)31-18-11-13-19(14-12-18)36-15-4-3-8-24(36)37/h5-7,11-14,16-17H,3-4,8-10,15H2,1-2H3,(H,30,40)(H,31,39)(H2,32,33,34,38). The Labute approximate surface area is 236 Å². The predicted octanol–water partition coefficient (Wildman–Crippen LogP) is 3.71. The molecule has 12 nitrogen and oxygen atoms in total. The summed E-state index contributed by atoms with van der Waals surface area (Å²) in [5, 5.41) is 19.2. The van der Waals surface area contributed by atoms with Crippen LogP contribution >= 0.6 is 0 Å². The zero-order valence-electron chi connectivity index (χ0n) is 22.8. The van der Waals surface area contributed by atoms with Gasteiger partial charge < -0.3 is 30.9 Å². The van der Waals surface area contributed by atoms with Crippen molar-refractivity contribution in [2.75, 3.05) is 41.6 Å². The number of carbonyl (C=O) groups is 4. The molecule has 2 heterocycles. The maximum Gasteiger partial charge on any atom is 0.273 e. The fourth-order valence-corrected chi connectivity index (χ4v) is 4.59. The Morgan fingerprint density at radius 1 is 0.951 bits per heavy atom. The summed E-state index contributed by atoms with van der Waals surface area (Å²) in [7, 11) is 2.91. The number of nitrogens with one attached hydrogen (secondary N) is 4. The van der Waals surface area contributed by atoms with Gasteiger partial charge in [0.1, 0.15) is 0 Å². The number of hydrogen-bond donors (Lipinski definition) is 4. The highest BCUT2D eigenvalue weighted by Gasteiger charge is 2.30. The van der Waals surface area contributed by atoms with Crippen LogP contribution in [0.4, 0.5) is 28.6 Å². The van der Waals surface area contributed by atoms with Crippen LogP contribution in [0.3, 0.4) is 0 Å². The zero-order chi connectivity index (χ0) is 28.9. The average Bonchev–Trinajstić information content (AvgIpc) is 3.84. The Morgan fingerprint density at radius 3 is 2.41 bits per heavy atom. The number of piperidine rings is 1. The summed E-state index contributed by atoms with van der Waals surface area (Å²) in [4.78, 5) is 52.0. The Balaban J connectivity index is 1.37. The van der Waals surface area contributed by atoms with Gasteiger partial charge in [-0.3, -0.25) is 19.2 Å². The number of rotatable bonds is 9. The van der Waals surface area contributed by atoms with Crippen LogP contribution in [0.2, 0.25) is 0 Å². The number of anilines is 5. The smallest absolute Gasteiger partial charge is 0.273 e. The van der Waals surface area contributed by atoms with Crippen LogP contribution in [-0.4, -0.2) is 54.5 Å². The van der Waals surface area contributed by atoms with Crippen LogP contribution in [0.1, 0.15) is 53.0 Å². The lowest BCUT2D eigenvalue weighted by atomic mass is 10.1. The van der Waals surface area contributed by atoms with Gasteiger partial charge in [0.25, 0.3) is 11.8 Å². The van der Waals surface area contributed by atoms with Crippen LogP contribution in [0.5, 0.6) is 5.75 Å². The minimum Gasteiger partial charge on any atom is -0.494 e. The van der Waals surface area contributed by atoms with E-state index < -0.39 is 11.8 Å². The van der Waals surface area contributed by atoms with Crippen LogP contribution in [0, 0.1) is 5.92 Å². The number of para-hydroxylation sites is 1. The molecule has 1 aromatic heterocycles. The molecule has 212 valence electrons. The zero-order valence-corrected chi connectivity index (χ0v) is 22.8. The molecule has 1 saturated carbocycles. The molecule has 41 heavy (non-hydrogen) atoms. The Kier molecular flexibility index (Phi) is 8.09. The number of hydrogen-bond acceptors (Lipinski definition) is 8. The van der Waals surface area contributed by atoms with Gasteiger partial charge in [-0.15, -0.1) is 10.2 Å². The summed E-state index contributed by atoms with van der Waals surface area (Å²) in [6.45, 7) is 0.685. The van der Waals surface area contributed by atoms with Gasteiger partial charge in [-0.25, -0.2) is 0 Å². The predicted molar refractivity (Wildman–Crippen MR) is 154 cm³/mol. The number of methoxy groups -OCH3 is 1. The number of amides is 4. The molecule has 2 fully saturated rings. The fourth-order valence-electron chi connectivity index (χ4n) is 4.59. The minimum atomic E-state index is -0.484. The molecule has 0 atom stereocenters. The Morgan fingerprint density at radius 2 is 1.73 bits per heavy atom. The highest BCUT2D eigenvalue weighted by Crippen LogP contribution is 2.34. The maximum atomic E-state index is 13.3. The minimum absolute atomic E-state index is 0.00102. The molecule has 4 amide bonds. The second kappa shape index (κ2) is 12.0. The van der Waals surface area contributed by atoms with E-state index in [2.05, 4.69) is 31.5 Å². The van der Waals surface area contributed by atoms with Crippen molar-refractivity contribution in [1.82, 2.24) is 15.5 Å². The summed E-state index contributed by atoms with van der Waals surface area (Å²) >= 11 is 0. The van der Waals surface area contributed by atoms with E-state index in [-0.39, 0.29) is 46.2 Å². The van der Waals surface area contributed by atoms with E-state index in [1.807, 2.05) is 12.1 Å². The second-order valence-electron chi connectivity index (χ2n) is 9.85. The van der Waals surface area contributed by atoms with E-state index >= 15 is 0 Å². The van der Waals surface area contributed by atoms with Crippen molar-refractivity contribution in [3.8, 4) is 5.75 Å². The molecule has 0 unspecified atom stereocenters. The first-order valence-electron chi connectivity index (χ1n) is 13.4. The Bertz CT molecular complexity index is 1490. The summed E-state index contributed by atoms with van der Waals surface area (Å²) in [5.74, 6) is -0.547. The molecule has 2 aromatic carbocycles. The normalized spacial score (nSPS) is 14.7. The van der Waals surface area contributed by atoms with Crippen molar-refractivity contribution in [2.45, 2.75) is 32.1 Å². The molecule has 3 aromatic rings. The fraction of sp³-hybridized carbons (Fsp3) is 0.310. The third-order valence-electron chi connectivity index (χ3n) is 6.93. The number of benzene rings is 2. The van der Waals surface area contributed by atoms with E-state index in [0.29, 0.717) is 24.3 Å². The molecule has 1 saturated heterocycles. The van der Waals surface area contributed by atoms with Gasteiger partial charge in [-0.05, 0) is 62.1 Å². The molecular weight excluding hydrogens is 526 g/mol. The third kappa shape index (κ3) is 6.26. The van der Waals surface area contributed by atoms with Crippen molar-refractivity contribution >= 4 is 52.2 Å². The van der Waals surface area contributed by atoms with Gasteiger partial charge in [0, 0.05) is 43.4 Å². The molecule has 5 rings (SSSR count). The van der Waals surface area contributed by atoms with Gasteiger partial charge in [0.2, 0.25) is 11.8 Å². The van der Waals surface area contributed by atoms with Gasteiger partial charge >= 0.3 is 0 Å². The summed E-state index contributed by atoms with van der Waals surface area (Å²) < 4.78 is 5.61. The molecule has 2 aliphatic rings. The SMILES string of the molecule is CNC(=O)c1nnc(NC(=O)C2CC2)cc1Nc1cccc(C(=O)Nc2ccc(N3CCCCC3=O)cc2)c1OC. The summed E-state index contributed by atoms with van der Waals surface area (Å²) in [6.07, 6.45) is 4.07. The van der Waals surface area contributed by atoms with Crippen LogP contribution in [-0.2, 0) is 9.59 Å². The topological polar surface area (TPSA) is 155 Å². The van der Waals surface area contributed by atoms with E-state index in [1.165, 1.54) is 20.2 Å². The van der Waals surface area contributed by atoms with E-state index in [0.717, 1.165) is 31.4 Å². The van der Waals surface area contributed by atoms with Gasteiger partial charge in [0.05, 0.1) is 24.0 Å². The Hall–Kier alpha value is -5.00. The van der Waals surface area contributed by atoms with Crippen molar-refractivity contribution in [3.63, 3.8) is 0 Å². The lowest BCUT2D eigenvalue weighted by Gasteiger charge is -2.26. The van der Waals surface area contributed by atoms with Crippen molar-refractivity contribution in [1.29, 1.82) is 0 Å². The number of aromatic nitrogens is 2. The van der Waals surface area contributed by atoms with E-state index in [9.17, 15) is 19.2 Å². The molecular formula is C29H31N7O5. The number of carbonyl (C=O) groups excluding carboxylic acids is 4. The maximum absolute atomic E-state index is 13.3. The van der Waals surface area contributed by atoms with Crippen molar-refractivity contribution in [3.05, 3.63) is 59.8 Å². The molecule has 0 radical (unpaired) electrons. The van der Waals surface area contributed by atoms with E-state index in [4.69, 9.17) is 4.74 Å². The highest BCUT2D eigenvalue weighted by atomic mass is 16.5. The first-order chi connectivity index (χ1) is 19.9. The summed E-state index contributed by atoms with van der Waals surface area (Å²) in [5.41, 5.74) is 2.27. The van der Waals surface area contributed by atoms with E-state index in [1.54, 1.807) is 35.2 Å². The molecule has 1 aliphatic heterocycles. The van der Waals surface area contributed by atoms with Crippen molar-refractivity contribution in [2.24, 2.45) is 5.92 Å². The number of nitrogens with zero attached hydrogens (tertiary/aromatic N) is 3. The number of ether oxygens (including phenoxy) is 1. The lowest BCUT2D eigenvalue weighted by molar-refractivity contribution is -0.119. The first-order valence-corrected chi connectivity index (χ1v) is 13.4. The lowest BCUT2D eigenvalue weighted by Crippen LogP contribution is -2.35. The van der Waals surface area contributed by atoms with Gasteiger partial charge in [-0.1, -0.05) is 6.07 Å². The van der Waals surface area contributed by atoms with Gasteiger partial charge in [-0.2, -0.15) is 0 Å². The molecule has 12 heteroatoms. The molecule has 1 aliphatic carbocycles. The van der Waals surface area contributed by atoms with Crippen molar-refractivity contribution < 1.29 is 23.9 Å². The molecule has 4 N–H and O–H groups in total. The van der Waals surface area contributed by atoms with Crippen LogP contribution in [0.25, 0.3) is 0 Å². The second-order valence-corrected chi connectivity index (χ2v) is 9.85. The molecule has 0 spiro atoms. The largest absolute Gasteiger partial charge is 0.494 e. The third-order valence-corrected chi connectivity index (χ3v) is 6.93. The van der Waals surface area contributed by atoms with Crippen LogP contribution < -0.4 is 30.9 Å². The van der Waals surface area contributed by atoms with Crippen LogP contribution in [0.15, 0.2) is 48.5 Å². The first kappa shape index (κ1) is 27.6. The van der Waals surface area contributed by atoms with Gasteiger partial charge in [0.15, 0.2) is 17.3 Å². The highest BCUT2D eigenvalue weighted by molar-refractivity contribution is 6.08. The quantitative estimate of drug-likeness (QED) is 0.310. The monoisotopic (exact) mass is 557 g/mol.